The van der Waals surface area contributed by atoms with E-state index < -0.39 is 0 Å². The zero-order valence-corrected chi connectivity index (χ0v) is 18.5. The maximum absolute atomic E-state index is 12.7. The molecular formula is C25H34N4O2. The topological polar surface area (TPSA) is 57.7 Å². The first-order valence-corrected chi connectivity index (χ1v) is 11.6. The molecule has 31 heavy (non-hydrogen) atoms. The fourth-order valence-electron chi connectivity index (χ4n) is 4.54. The Balaban J connectivity index is 1.23. The molecule has 1 N–H and O–H groups in total. The number of aromatic nitrogens is 1. The number of benzene rings is 1. The molecule has 0 radical (unpaired) electrons. The molecule has 0 spiro atoms. The van der Waals surface area contributed by atoms with Crippen LogP contribution in [0.3, 0.4) is 0 Å². The highest BCUT2D eigenvalue weighted by molar-refractivity contribution is 5.74. The van der Waals surface area contributed by atoms with Crippen molar-refractivity contribution in [2.45, 2.75) is 57.7 Å². The van der Waals surface area contributed by atoms with E-state index in [4.69, 9.17) is 4.74 Å². The fourth-order valence-corrected chi connectivity index (χ4v) is 4.54. The number of nitrogens with one attached hydrogen (secondary N) is 1. The number of piperazine rings is 1. The Morgan fingerprint density at radius 3 is 2.68 bits per heavy atom. The van der Waals surface area contributed by atoms with Crippen LogP contribution >= 0.6 is 0 Å². The lowest BCUT2D eigenvalue weighted by Crippen LogP contribution is -2.52. The third-order valence-electron chi connectivity index (χ3n) is 6.51. The number of hydrogen-bond acceptors (Lipinski definition) is 4. The first-order valence-electron chi connectivity index (χ1n) is 11.6. The second-order valence-corrected chi connectivity index (χ2v) is 8.67. The van der Waals surface area contributed by atoms with E-state index >= 15 is 0 Å². The number of amides is 2. The standard InChI is InChI=1S/C25H34N4O2/c1-20(22-8-6-12-26-19-22)28-13-15-29(16-14-28)25(30)27-18-21-7-5-11-24(17-21)31-23-9-3-2-4-10-23/h5-8,11-12,17,19-20,23H,2-4,9-10,13-16,18H2,1H3,(H,27,30). The molecule has 1 aromatic heterocycles. The van der Waals surface area contributed by atoms with Gasteiger partial charge in [-0.05, 0) is 61.9 Å². The summed E-state index contributed by atoms with van der Waals surface area (Å²) in [7, 11) is 0. The van der Waals surface area contributed by atoms with Gasteiger partial charge < -0.3 is 15.0 Å². The summed E-state index contributed by atoms with van der Waals surface area (Å²) < 4.78 is 6.16. The maximum atomic E-state index is 12.7. The van der Waals surface area contributed by atoms with Gasteiger partial charge in [0, 0.05) is 51.2 Å². The van der Waals surface area contributed by atoms with Gasteiger partial charge in [-0.2, -0.15) is 0 Å². The third kappa shape index (κ3) is 5.97. The Morgan fingerprint density at radius 2 is 1.94 bits per heavy atom. The van der Waals surface area contributed by atoms with Crippen molar-refractivity contribution in [1.82, 2.24) is 20.1 Å². The molecule has 1 aliphatic heterocycles. The highest BCUT2D eigenvalue weighted by Crippen LogP contribution is 2.24. The van der Waals surface area contributed by atoms with Crippen LogP contribution in [0.15, 0.2) is 48.8 Å². The van der Waals surface area contributed by atoms with Crippen molar-refractivity contribution in [3.05, 3.63) is 59.9 Å². The lowest BCUT2D eigenvalue weighted by atomic mass is 9.98. The number of pyridine rings is 1. The number of nitrogens with zero attached hydrogens (tertiary/aromatic N) is 3. The van der Waals surface area contributed by atoms with Crippen LogP contribution in [0.4, 0.5) is 4.79 Å². The Morgan fingerprint density at radius 1 is 1.13 bits per heavy atom. The van der Waals surface area contributed by atoms with Crippen molar-refractivity contribution in [3.8, 4) is 5.75 Å². The molecule has 6 nitrogen and oxygen atoms in total. The molecule has 2 amide bonds. The Kier molecular flexibility index (Phi) is 7.41. The van der Waals surface area contributed by atoms with Crippen LogP contribution in [0, 0.1) is 0 Å². The SMILES string of the molecule is CC(c1cccnc1)N1CCN(C(=O)NCc2cccc(OC3CCCCC3)c2)CC1. The highest BCUT2D eigenvalue weighted by atomic mass is 16.5. The average molecular weight is 423 g/mol. The Hall–Kier alpha value is -2.60. The van der Waals surface area contributed by atoms with Crippen molar-refractivity contribution >= 4 is 6.03 Å². The largest absolute Gasteiger partial charge is 0.490 e. The molecule has 1 aromatic carbocycles. The van der Waals surface area contributed by atoms with Crippen molar-refractivity contribution in [2.24, 2.45) is 0 Å². The van der Waals surface area contributed by atoms with Gasteiger partial charge in [0.2, 0.25) is 0 Å². The molecule has 1 saturated heterocycles. The number of ether oxygens (including phenoxy) is 1. The highest BCUT2D eigenvalue weighted by Gasteiger charge is 2.24. The van der Waals surface area contributed by atoms with Crippen LogP contribution in [-0.4, -0.2) is 53.1 Å². The van der Waals surface area contributed by atoms with Gasteiger partial charge in [0.15, 0.2) is 0 Å². The molecule has 4 rings (SSSR count). The Bertz CT molecular complexity index is 830. The second-order valence-electron chi connectivity index (χ2n) is 8.67. The van der Waals surface area contributed by atoms with Gasteiger partial charge in [-0.15, -0.1) is 0 Å². The summed E-state index contributed by atoms with van der Waals surface area (Å²) in [4.78, 5) is 21.2. The minimum absolute atomic E-state index is 0.00674. The van der Waals surface area contributed by atoms with E-state index in [1.54, 1.807) is 6.20 Å². The summed E-state index contributed by atoms with van der Waals surface area (Å²) in [6, 6.07) is 12.5. The van der Waals surface area contributed by atoms with Gasteiger partial charge in [-0.3, -0.25) is 9.88 Å². The van der Waals surface area contributed by atoms with Gasteiger partial charge in [-0.1, -0.05) is 24.6 Å². The number of rotatable bonds is 6. The monoisotopic (exact) mass is 422 g/mol. The average Bonchev–Trinajstić information content (AvgIpc) is 2.83. The second kappa shape index (κ2) is 10.6. The van der Waals surface area contributed by atoms with Gasteiger partial charge in [0.05, 0.1) is 6.10 Å². The summed E-state index contributed by atoms with van der Waals surface area (Å²) in [6.45, 7) is 5.94. The minimum Gasteiger partial charge on any atom is -0.490 e. The molecule has 2 fully saturated rings. The molecule has 166 valence electrons. The summed E-state index contributed by atoms with van der Waals surface area (Å²) in [5, 5.41) is 3.08. The normalized spacial score (nSPS) is 19.1. The van der Waals surface area contributed by atoms with Crippen molar-refractivity contribution < 1.29 is 9.53 Å². The lowest BCUT2D eigenvalue weighted by molar-refractivity contribution is 0.113. The summed E-state index contributed by atoms with van der Waals surface area (Å²) in [5.74, 6) is 0.914. The number of urea groups is 1. The first-order chi connectivity index (χ1) is 15.2. The quantitative estimate of drug-likeness (QED) is 0.751. The molecule has 2 aromatic rings. The summed E-state index contributed by atoms with van der Waals surface area (Å²) >= 11 is 0. The molecule has 2 aliphatic rings. The van der Waals surface area contributed by atoms with Gasteiger partial charge >= 0.3 is 6.03 Å². The van der Waals surface area contributed by atoms with Crippen LogP contribution in [0.5, 0.6) is 5.75 Å². The first kappa shape index (κ1) is 21.6. The van der Waals surface area contributed by atoms with Gasteiger partial charge in [0.1, 0.15) is 5.75 Å². The minimum atomic E-state index is 0.00674. The van der Waals surface area contributed by atoms with Crippen molar-refractivity contribution in [3.63, 3.8) is 0 Å². The fraction of sp³-hybridized carbons (Fsp3) is 0.520. The van der Waals surface area contributed by atoms with Crippen LogP contribution in [0.1, 0.15) is 56.2 Å². The van der Waals surface area contributed by atoms with Gasteiger partial charge in [-0.25, -0.2) is 4.79 Å². The number of hydrogen-bond donors (Lipinski definition) is 1. The van der Waals surface area contributed by atoms with Crippen LogP contribution in [0.2, 0.25) is 0 Å². The molecule has 2 heterocycles. The summed E-state index contributed by atoms with van der Waals surface area (Å²) in [6.07, 6.45) is 10.2. The molecule has 1 unspecified atom stereocenters. The van der Waals surface area contributed by atoms with Gasteiger partial charge in [0.25, 0.3) is 0 Å². The number of carbonyl (C=O) groups is 1. The molecule has 1 saturated carbocycles. The van der Waals surface area contributed by atoms with E-state index in [9.17, 15) is 4.79 Å². The smallest absolute Gasteiger partial charge is 0.317 e. The molecule has 6 heteroatoms. The Labute approximate surface area is 185 Å². The van der Waals surface area contributed by atoms with Crippen molar-refractivity contribution in [2.75, 3.05) is 26.2 Å². The van der Waals surface area contributed by atoms with E-state index in [0.29, 0.717) is 18.7 Å². The van der Waals surface area contributed by atoms with E-state index in [1.165, 1.54) is 24.8 Å². The number of carbonyl (C=O) groups excluding carboxylic acids is 1. The predicted molar refractivity (Wildman–Crippen MR) is 122 cm³/mol. The van der Waals surface area contributed by atoms with E-state index in [1.807, 2.05) is 35.4 Å². The zero-order chi connectivity index (χ0) is 21.5. The maximum Gasteiger partial charge on any atom is 0.317 e. The predicted octanol–water partition coefficient (Wildman–Crippen LogP) is 4.38. The molecule has 1 aliphatic carbocycles. The lowest BCUT2D eigenvalue weighted by Gasteiger charge is -2.38. The van der Waals surface area contributed by atoms with E-state index in [-0.39, 0.29) is 6.03 Å². The zero-order valence-electron chi connectivity index (χ0n) is 18.5. The van der Waals surface area contributed by atoms with Crippen LogP contribution in [0.25, 0.3) is 0 Å². The molecule has 1 atom stereocenters. The van der Waals surface area contributed by atoms with E-state index in [2.05, 4.69) is 34.3 Å². The van der Waals surface area contributed by atoms with E-state index in [0.717, 1.165) is 50.3 Å². The summed E-state index contributed by atoms with van der Waals surface area (Å²) in [5.41, 5.74) is 2.29. The van der Waals surface area contributed by atoms with Crippen LogP contribution < -0.4 is 10.1 Å². The van der Waals surface area contributed by atoms with Crippen molar-refractivity contribution in [1.29, 1.82) is 0 Å². The van der Waals surface area contributed by atoms with Crippen LogP contribution in [-0.2, 0) is 6.54 Å². The molecular weight excluding hydrogens is 388 g/mol. The third-order valence-corrected chi connectivity index (χ3v) is 6.51. The molecule has 0 bridgehead atoms.